The number of benzene rings is 1. The quantitative estimate of drug-likeness (QED) is 0.655. The molecule has 0 bridgehead atoms. The van der Waals surface area contributed by atoms with Gasteiger partial charge in [0.2, 0.25) is 5.91 Å². The monoisotopic (exact) mass is 221 g/mol. The number of fused-ring (bicyclic) bond motifs is 1. The van der Waals surface area contributed by atoms with Gasteiger partial charge >= 0.3 is 0 Å². The van der Waals surface area contributed by atoms with E-state index in [1.807, 2.05) is 44.7 Å². The number of hydrogen-bond acceptors (Lipinski definition) is 1. The van der Waals surface area contributed by atoms with Gasteiger partial charge in [0, 0.05) is 20.0 Å². The summed E-state index contributed by atoms with van der Waals surface area (Å²) >= 11 is 0. The predicted octanol–water partition coefficient (Wildman–Crippen LogP) is 3.60. The molecule has 2 rings (SSSR count). The first-order valence-corrected chi connectivity index (χ1v) is 6.09. The van der Waals surface area contributed by atoms with E-state index >= 15 is 0 Å². The second kappa shape index (κ2) is 7.91. The molecule has 1 aliphatic heterocycles. The Morgan fingerprint density at radius 2 is 1.38 bits per heavy atom. The Balaban J connectivity index is 0.000000509. The van der Waals surface area contributed by atoms with Crippen LogP contribution in [0.25, 0.3) is 0 Å². The number of amides is 1. The number of rotatable bonds is 0. The molecule has 1 aliphatic rings. The van der Waals surface area contributed by atoms with Gasteiger partial charge < -0.3 is 4.90 Å². The number of nitrogens with zero attached hydrogens (tertiary/aromatic N) is 1. The minimum absolute atomic E-state index is 0.159. The Labute approximate surface area is 99.3 Å². The molecule has 2 heteroatoms. The highest BCUT2D eigenvalue weighted by Crippen LogP contribution is 2.21. The Hall–Kier alpha value is -1.31. The highest BCUT2D eigenvalue weighted by molar-refractivity contribution is 5.74. The van der Waals surface area contributed by atoms with Gasteiger partial charge in [0.15, 0.2) is 0 Å². The third-order valence-corrected chi connectivity index (χ3v) is 2.29. The Morgan fingerprint density at radius 1 is 1.00 bits per heavy atom. The van der Waals surface area contributed by atoms with Crippen LogP contribution in [0.1, 0.15) is 45.7 Å². The van der Waals surface area contributed by atoms with Crippen molar-refractivity contribution in [2.75, 3.05) is 0 Å². The van der Waals surface area contributed by atoms with Gasteiger partial charge in [-0.25, -0.2) is 0 Å². The molecule has 0 aromatic heterocycles. The van der Waals surface area contributed by atoms with Gasteiger partial charge in [0.1, 0.15) is 0 Å². The van der Waals surface area contributed by atoms with Gasteiger partial charge in [-0.3, -0.25) is 4.79 Å². The lowest BCUT2D eigenvalue weighted by Gasteiger charge is -2.10. The Bertz CT molecular complexity index is 295. The summed E-state index contributed by atoms with van der Waals surface area (Å²) in [6.45, 7) is 11.2. The first-order valence-electron chi connectivity index (χ1n) is 6.09. The summed E-state index contributed by atoms with van der Waals surface area (Å²) in [7, 11) is 0. The molecular weight excluding hydrogens is 198 g/mol. The molecule has 0 saturated carbocycles. The van der Waals surface area contributed by atoms with Crippen LogP contribution in [0.15, 0.2) is 24.3 Å². The van der Waals surface area contributed by atoms with Crippen molar-refractivity contribution in [1.29, 1.82) is 0 Å². The maximum atomic E-state index is 11.0. The lowest BCUT2D eigenvalue weighted by molar-refractivity contribution is -0.129. The zero-order chi connectivity index (χ0) is 12.6. The van der Waals surface area contributed by atoms with Crippen molar-refractivity contribution in [3.63, 3.8) is 0 Å². The van der Waals surface area contributed by atoms with Gasteiger partial charge in [-0.2, -0.15) is 0 Å². The molecule has 90 valence electrons. The minimum Gasteiger partial charge on any atom is -0.334 e. The normalized spacial score (nSPS) is 11.7. The SMILES string of the molecule is CC.CC.CC(=O)N1Cc2ccccc2C1. The van der Waals surface area contributed by atoms with Crippen molar-refractivity contribution in [2.24, 2.45) is 0 Å². The molecule has 0 fully saturated rings. The van der Waals surface area contributed by atoms with Crippen LogP contribution >= 0.6 is 0 Å². The van der Waals surface area contributed by atoms with Crippen molar-refractivity contribution in [3.05, 3.63) is 35.4 Å². The van der Waals surface area contributed by atoms with Gasteiger partial charge in [-0.1, -0.05) is 52.0 Å². The first kappa shape index (κ1) is 14.7. The second-order valence-corrected chi connectivity index (χ2v) is 3.14. The second-order valence-electron chi connectivity index (χ2n) is 3.14. The van der Waals surface area contributed by atoms with Crippen molar-refractivity contribution >= 4 is 5.91 Å². The molecule has 1 heterocycles. The molecule has 2 nitrogen and oxygen atoms in total. The van der Waals surface area contributed by atoms with E-state index in [1.54, 1.807) is 6.92 Å². The van der Waals surface area contributed by atoms with E-state index in [9.17, 15) is 4.79 Å². The summed E-state index contributed by atoms with van der Waals surface area (Å²) in [5, 5.41) is 0. The van der Waals surface area contributed by atoms with Crippen LogP contribution in [0.5, 0.6) is 0 Å². The third kappa shape index (κ3) is 3.69. The van der Waals surface area contributed by atoms with E-state index in [4.69, 9.17) is 0 Å². The average molecular weight is 221 g/mol. The van der Waals surface area contributed by atoms with Gasteiger partial charge in [-0.15, -0.1) is 0 Å². The molecule has 1 amide bonds. The van der Waals surface area contributed by atoms with Crippen molar-refractivity contribution in [3.8, 4) is 0 Å². The molecular formula is C14H23NO. The van der Waals surface area contributed by atoms with Gasteiger partial charge in [-0.05, 0) is 11.1 Å². The molecule has 1 aromatic rings. The lowest BCUT2D eigenvalue weighted by Crippen LogP contribution is -2.21. The smallest absolute Gasteiger partial charge is 0.220 e. The lowest BCUT2D eigenvalue weighted by atomic mass is 10.1. The van der Waals surface area contributed by atoms with Crippen LogP contribution < -0.4 is 0 Å². The standard InChI is InChI=1S/C10H11NO.2C2H6/c1-8(12)11-6-9-4-2-3-5-10(9)7-11;2*1-2/h2-5H,6-7H2,1H3;2*1-2H3. The molecule has 0 radical (unpaired) electrons. The molecule has 0 spiro atoms. The van der Waals surface area contributed by atoms with Crippen LogP contribution in [0.3, 0.4) is 0 Å². The van der Waals surface area contributed by atoms with Crippen molar-refractivity contribution in [2.45, 2.75) is 47.7 Å². The summed E-state index contributed by atoms with van der Waals surface area (Å²) in [6, 6.07) is 8.20. The van der Waals surface area contributed by atoms with Crippen molar-refractivity contribution in [1.82, 2.24) is 4.90 Å². The van der Waals surface area contributed by atoms with Gasteiger partial charge in [0.05, 0.1) is 0 Å². The summed E-state index contributed by atoms with van der Waals surface area (Å²) in [5.74, 6) is 0.159. The highest BCUT2D eigenvalue weighted by Gasteiger charge is 2.19. The first-order chi connectivity index (χ1) is 7.77. The summed E-state index contributed by atoms with van der Waals surface area (Å²) in [4.78, 5) is 12.9. The molecule has 0 aliphatic carbocycles. The van der Waals surface area contributed by atoms with Crippen LogP contribution in [0.2, 0.25) is 0 Å². The fraction of sp³-hybridized carbons (Fsp3) is 0.500. The Kier molecular flexibility index (Phi) is 7.27. The minimum atomic E-state index is 0.159. The van der Waals surface area contributed by atoms with Crippen LogP contribution in [0, 0.1) is 0 Å². The van der Waals surface area contributed by atoms with Crippen LogP contribution in [0.4, 0.5) is 0 Å². The molecule has 0 unspecified atom stereocenters. The van der Waals surface area contributed by atoms with E-state index in [0.717, 1.165) is 13.1 Å². The molecule has 0 atom stereocenters. The largest absolute Gasteiger partial charge is 0.334 e. The summed E-state index contributed by atoms with van der Waals surface area (Å²) < 4.78 is 0. The van der Waals surface area contributed by atoms with Crippen LogP contribution in [-0.4, -0.2) is 10.8 Å². The molecule has 0 saturated heterocycles. The number of hydrogen-bond donors (Lipinski definition) is 0. The van der Waals surface area contributed by atoms with Crippen LogP contribution in [-0.2, 0) is 17.9 Å². The zero-order valence-electron chi connectivity index (χ0n) is 11.1. The fourth-order valence-corrected chi connectivity index (χ4v) is 1.56. The summed E-state index contributed by atoms with van der Waals surface area (Å²) in [5.41, 5.74) is 2.57. The van der Waals surface area contributed by atoms with E-state index < -0.39 is 0 Å². The van der Waals surface area contributed by atoms with E-state index in [0.29, 0.717) is 0 Å². The van der Waals surface area contributed by atoms with E-state index in [1.165, 1.54) is 11.1 Å². The van der Waals surface area contributed by atoms with Gasteiger partial charge in [0.25, 0.3) is 0 Å². The fourth-order valence-electron chi connectivity index (χ4n) is 1.56. The summed E-state index contributed by atoms with van der Waals surface area (Å²) in [6.07, 6.45) is 0. The molecule has 1 aromatic carbocycles. The number of carbonyl (C=O) groups excluding carboxylic acids is 1. The third-order valence-electron chi connectivity index (χ3n) is 2.29. The molecule has 16 heavy (non-hydrogen) atoms. The number of carbonyl (C=O) groups is 1. The topological polar surface area (TPSA) is 20.3 Å². The highest BCUT2D eigenvalue weighted by atomic mass is 16.2. The van der Waals surface area contributed by atoms with Crippen molar-refractivity contribution < 1.29 is 4.79 Å². The average Bonchev–Trinajstić information content (AvgIpc) is 2.78. The Morgan fingerprint density at radius 3 is 1.69 bits per heavy atom. The van der Waals surface area contributed by atoms with E-state index in [-0.39, 0.29) is 5.91 Å². The molecule has 0 N–H and O–H groups in total. The zero-order valence-corrected chi connectivity index (χ0v) is 11.1. The maximum Gasteiger partial charge on any atom is 0.220 e. The van der Waals surface area contributed by atoms with E-state index in [2.05, 4.69) is 12.1 Å². The maximum absolute atomic E-state index is 11.0. The predicted molar refractivity (Wildman–Crippen MR) is 69.1 cm³/mol.